The van der Waals surface area contributed by atoms with Crippen LogP contribution >= 0.6 is 0 Å². The zero-order valence-corrected chi connectivity index (χ0v) is 13.5. The number of carbonyl (C=O) groups excluding carboxylic acids is 1. The molecule has 0 atom stereocenters. The van der Waals surface area contributed by atoms with Gasteiger partial charge in [0, 0.05) is 38.2 Å². The molecule has 4 nitrogen and oxygen atoms in total. The van der Waals surface area contributed by atoms with E-state index in [1.54, 1.807) is 18.1 Å². The van der Waals surface area contributed by atoms with Gasteiger partial charge in [0.25, 0.3) is 5.91 Å². The topological polar surface area (TPSA) is 36.4 Å². The van der Waals surface area contributed by atoms with Crippen LogP contribution in [0.15, 0.2) is 48.7 Å². The number of aromatic nitrogens is 1. The molecule has 1 heterocycles. The summed E-state index contributed by atoms with van der Waals surface area (Å²) in [6.45, 7) is 3.15. The Balaban J connectivity index is 2.16. The molecule has 0 fully saturated rings. The van der Waals surface area contributed by atoms with E-state index in [0.29, 0.717) is 5.69 Å². The Labute approximate surface area is 132 Å². The van der Waals surface area contributed by atoms with Crippen molar-refractivity contribution in [1.29, 1.82) is 0 Å². The summed E-state index contributed by atoms with van der Waals surface area (Å²) in [7, 11) is 3.81. The smallest absolute Gasteiger partial charge is 0.276 e. The van der Waals surface area contributed by atoms with Crippen LogP contribution in [-0.2, 0) is 0 Å². The Kier molecular flexibility index (Phi) is 5.53. The lowest BCUT2D eigenvalue weighted by molar-refractivity contribution is 0.0988. The maximum Gasteiger partial charge on any atom is 0.276 e. The highest BCUT2D eigenvalue weighted by atomic mass is 16.2. The molecule has 0 aliphatic rings. The number of rotatable bonds is 6. The van der Waals surface area contributed by atoms with Crippen molar-refractivity contribution < 1.29 is 4.79 Å². The minimum absolute atomic E-state index is 0.100. The summed E-state index contributed by atoms with van der Waals surface area (Å²) in [5.74, 6) is -0.100. The maximum atomic E-state index is 12.6. The van der Waals surface area contributed by atoms with Gasteiger partial charge in [-0.15, -0.1) is 0 Å². The molecule has 22 heavy (non-hydrogen) atoms. The largest absolute Gasteiger partial charge is 0.374 e. The fourth-order valence-corrected chi connectivity index (χ4v) is 2.24. The predicted molar refractivity (Wildman–Crippen MR) is 91.6 cm³/mol. The highest BCUT2D eigenvalue weighted by Crippen LogP contribution is 2.17. The van der Waals surface area contributed by atoms with Crippen LogP contribution in [0.1, 0.15) is 30.3 Å². The Morgan fingerprint density at radius 1 is 1.09 bits per heavy atom. The van der Waals surface area contributed by atoms with E-state index in [0.717, 1.165) is 30.8 Å². The molecule has 1 aromatic heterocycles. The molecule has 4 heteroatoms. The van der Waals surface area contributed by atoms with Gasteiger partial charge in [0.1, 0.15) is 5.69 Å². The van der Waals surface area contributed by atoms with Crippen LogP contribution in [0.4, 0.5) is 11.4 Å². The normalized spacial score (nSPS) is 10.3. The lowest BCUT2D eigenvalue weighted by Crippen LogP contribution is -2.27. The van der Waals surface area contributed by atoms with Gasteiger partial charge in [0.2, 0.25) is 0 Å². The first kappa shape index (κ1) is 16.0. The van der Waals surface area contributed by atoms with Crippen LogP contribution in [0.25, 0.3) is 0 Å². The minimum Gasteiger partial charge on any atom is -0.374 e. The minimum atomic E-state index is -0.100. The molecule has 0 bridgehead atoms. The first-order valence-corrected chi connectivity index (χ1v) is 7.63. The number of amides is 1. The second kappa shape index (κ2) is 7.59. The van der Waals surface area contributed by atoms with Crippen LogP contribution in [0.3, 0.4) is 0 Å². The number of hydrogen-bond donors (Lipinski definition) is 0. The van der Waals surface area contributed by atoms with Crippen molar-refractivity contribution in [1.82, 2.24) is 4.98 Å². The highest BCUT2D eigenvalue weighted by Gasteiger charge is 2.15. The molecular formula is C18H23N3O. The van der Waals surface area contributed by atoms with E-state index in [-0.39, 0.29) is 5.91 Å². The molecule has 0 N–H and O–H groups in total. The molecule has 0 radical (unpaired) electrons. The Bertz CT molecular complexity index is 613. The third-order valence-corrected chi connectivity index (χ3v) is 3.70. The molecule has 0 aliphatic heterocycles. The van der Waals surface area contributed by atoms with E-state index >= 15 is 0 Å². The van der Waals surface area contributed by atoms with Crippen LogP contribution in [0.5, 0.6) is 0 Å². The summed E-state index contributed by atoms with van der Waals surface area (Å²) < 4.78 is 0. The van der Waals surface area contributed by atoms with Gasteiger partial charge in [-0.3, -0.25) is 9.78 Å². The molecule has 0 unspecified atom stereocenters. The van der Waals surface area contributed by atoms with Crippen molar-refractivity contribution in [2.24, 2.45) is 0 Å². The molecule has 0 saturated carbocycles. The van der Waals surface area contributed by atoms with E-state index in [1.807, 2.05) is 49.5 Å². The van der Waals surface area contributed by atoms with Crippen molar-refractivity contribution in [3.05, 3.63) is 54.4 Å². The average molecular weight is 297 g/mol. The van der Waals surface area contributed by atoms with Crippen LogP contribution in [-0.4, -0.2) is 31.5 Å². The Hall–Kier alpha value is -2.36. The molecule has 2 rings (SSSR count). The van der Waals surface area contributed by atoms with E-state index in [1.165, 1.54) is 0 Å². The number of para-hydroxylation sites is 1. The quantitative estimate of drug-likeness (QED) is 0.817. The number of hydrogen-bond acceptors (Lipinski definition) is 3. The van der Waals surface area contributed by atoms with Crippen molar-refractivity contribution in [3.8, 4) is 0 Å². The summed E-state index contributed by atoms with van der Waals surface area (Å²) in [5.41, 5.74) is 2.35. The fraction of sp³-hybridized carbons (Fsp3) is 0.333. The zero-order valence-electron chi connectivity index (χ0n) is 13.5. The van der Waals surface area contributed by atoms with Gasteiger partial charge in [0.15, 0.2) is 0 Å². The lowest BCUT2D eigenvalue weighted by atomic mass is 10.2. The predicted octanol–water partition coefficient (Wildman–Crippen LogP) is 3.59. The van der Waals surface area contributed by atoms with E-state index in [2.05, 4.69) is 16.8 Å². The lowest BCUT2D eigenvalue weighted by Gasteiger charge is -2.21. The van der Waals surface area contributed by atoms with Gasteiger partial charge in [0.05, 0.1) is 0 Å². The van der Waals surface area contributed by atoms with Crippen LogP contribution < -0.4 is 9.80 Å². The highest BCUT2D eigenvalue weighted by molar-refractivity contribution is 6.04. The van der Waals surface area contributed by atoms with Gasteiger partial charge < -0.3 is 9.80 Å². The second-order valence-corrected chi connectivity index (χ2v) is 5.37. The van der Waals surface area contributed by atoms with Gasteiger partial charge in [-0.2, -0.15) is 0 Å². The van der Waals surface area contributed by atoms with Gasteiger partial charge in [-0.25, -0.2) is 0 Å². The molecule has 1 aromatic carbocycles. The number of unbranched alkanes of at least 4 members (excludes halogenated alkanes) is 1. The zero-order chi connectivity index (χ0) is 15.9. The van der Waals surface area contributed by atoms with Gasteiger partial charge >= 0.3 is 0 Å². The summed E-state index contributed by atoms with van der Waals surface area (Å²) in [6, 6.07) is 13.4. The molecular weight excluding hydrogens is 274 g/mol. The summed E-state index contributed by atoms with van der Waals surface area (Å²) >= 11 is 0. The Morgan fingerprint density at radius 3 is 2.50 bits per heavy atom. The number of nitrogens with zero attached hydrogens (tertiary/aromatic N) is 3. The molecule has 2 aromatic rings. The Morgan fingerprint density at radius 2 is 1.82 bits per heavy atom. The number of benzene rings is 1. The number of pyridine rings is 1. The summed E-state index contributed by atoms with van der Waals surface area (Å²) in [4.78, 5) is 20.6. The van der Waals surface area contributed by atoms with Crippen molar-refractivity contribution in [2.45, 2.75) is 19.8 Å². The first-order chi connectivity index (χ1) is 10.6. The average Bonchev–Trinajstić information content (AvgIpc) is 2.59. The van der Waals surface area contributed by atoms with Crippen molar-refractivity contribution in [3.63, 3.8) is 0 Å². The summed E-state index contributed by atoms with van der Waals surface area (Å²) in [5, 5.41) is 0. The van der Waals surface area contributed by atoms with Gasteiger partial charge in [-0.05, 0) is 30.7 Å². The number of carbonyl (C=O) groups is 1. The van der Waals surface area contributed by atoms with Crippen LogP contribution in [0.2, 0.25) is 0 Å². The molecule has 1 amide bonds. The molecule has 116 valence electrons. The molecule has 0 spiro atoms. The molecule has 0 saturated heterocycles. The SMILES string of the molecule is CCCCN(C)c1ccnc(C(=O)N(C)c2ccccc2)c1. The summed E-state index contributed by atoms with van der Waals surface area (Å²) in [6.07, 6.45) is 3.98. The van der Waals surface area contributed by atoms with E-state index < -0.39 is 0 Å². The van der Waals surface area contributed by atoms with Crippen molar-refractivity contribution >= 4 is 17.3 Å². The van der Waals surface area contributed by atoms with E-state index in [9.17, 15) is 4.79 Å². The third-order valence-electron chi connectivity index (χ3n) is 3.70. The standard InChI is InChI=1S/C18H23N3O/c1-4-5-13-20(2)16-11-12-19-17(14-16)18(22)21(3)15-9-7-6-8-10-15/h6-12,14H,4-5,13H2,1-3H3. The van der Waals surface area contributed by atoms with Crippen molar-refractivity contribution in [2.75, 3.05) is 30.4 Å². The van der Waals surface area contributed by atoms with Gasteiger partial charge in [-0.1, -0.05) is 31.5 Å². The first-order valence-electron chi connectivity index (χ1n) is 7.63. The van der Waals surface area contributed by atoms with Crippen LogP contribution in [0, 0.1) is 0 Å². The third kappa shape index (κ3) is 3.85. The number of anilines is 2. The molecule has 0 aliphatic carbocycles. The maximum absolute atomic E-state index is 12.6. The monoisotopic (exact) mass is 297 g/mol. The van der Waals surface area contributed by atoms with E-state index in [4.69, 9.17) is 0 Å². The fourth-order valence-electron chi connectivity index (χ4n) is 2.24. The second-order valence-electron chi connectivity index (χ2n) is 5.37.